The predicted molar refractivity (Wildman–Crippen MR) is 107 cm³/mol. The number of nitrogens with one attached hydrogen (secondary N) is 1. The highest BCUT2D eigenvalue weighted by Gasteiger charge is 2.35. The molecule has 1 unspecified atom stereocenters. The third-order valence-electron chi connectivity index (χ3n) is 5.38. The molecule has 0 fully saturated rings. The highest BCUT2D eigenvalue weighted by molar-refractivity contribution is 5.79. The summed E-state index contributed by atoms with van der Waals surface area (Å²) in [5.41, 5.74) is 1.81. The second-order valence-corrected chi connectivity index (χ2v) is 8.40. The van der Waals surface area contributed by atoms with Crippen LogP contribution in [0.5, 0.6) is 0 Å². The van der Waals surface area contributed by atoms with Crippen LogP contribution in [0, 0.1) is 12.3 Å². The van der Waals surface area contributed by atoms with Gasteiger partial charge in [-0.3, -0.25) is 14.3 Å². The van der Waals surface area contributed by atoms with E-state index in [1.54, 1.807) is 10.7 Å². The zero-order valence-electron chi connectivity index (χ0n) is 16.5. The standard InChI is InChI=1S/C22H25N3O3/c1-14-10-16-17(11-22(2,3)12-20(16)28-14)24-21(27)8-9-25-18-7-5-4-6-15(18)19(26)13-23-25/h4-7,10,13,17H,8-9,11-12H2,1-3H3,(H,24,27). The SMILES string of the molecule is Cc1cc2c(o1)CC(C)(C)CC2NC(=O)CCn1ncc(=O)c2ccccc21. The second kappa shape index (κ2) is 6.93. The van der Waals surface area contributed by atoms with E-state index >= 15 is 0 Å². The first kappa shape index (κ1) is 18.5. The zero-order valence-corrected chi connectivity index (χ0v) is 16.5. The number of hydrogen-bond donors (Lipinski definition) is 1. The third kappa shape index (κ3) is 3.59. The summed E-state index contributed by atoms with van der Waals surface area (Å²) in [7, 11) is 0. The number of benzene rings is 1. The number of aryl methyl sites for hydroxylation is 2. The van der Waals surface area contributed by atoms with E-state index in [1.165, 1.54) is 6.20 Å². The summed E-state index contributed by atoms with van der Waals surface area (Å²) in [5, 5.41) is 7.98. The maximum atomic E-state index is 12.7. The van der Waals surface area contributed by atoms with Gasteiger partial charge in [-0.25, -0.2) is 0 Å². The molecule has 0 aliphatic heterocycles. The van der Waals surface area contributed by atoms with Gasteiger partial charge in [0.25, 0.3) is 0 Å². The fourth-order valence-electron chi connectivity index (χ4n) is 4.13. The van der Waals surface area contributed by atoms with Crippen LogP contribution in [0.1, 0.15) is 49.8 Å². The maximum Gasteiger partial charge on any atom is 0.222 e. The van der Waals surface area contributed by atoms with Crippen LogP contribution in [0.4, 0.5) is 0 Å². The minimum Gasteiger partial charge on any atom is -0.466 e. The van der Waals surface area contributed by atoms with Crippen LogP contribution in [-0.2, 0) is 17.8 Å². The molecular formula is C22H25N3O3. The summed E-state index contributed by atoms with van der Waals surface area (Å²) in [6.45, 7) is 6.75. The lowest BCUT2D eigenvalue weighted by molar-refractivity contribution is -0.122. The molecule has 0 bridgehead atoms. The van der Waals surface area contributed by atoms with Crippen molar-refractivity contribution in [3.8, 4) is 0 Å². The van der Waals surface area contributed by atoms with Gasteiger partial charge < -0.3 is 9.73 Å². The average Bonchev–Trinajstić information content (AvgIpc) is 3.00. The maximum absolute atomic E-state index is 12.7. The van der Waals surface area contributed by atoms with Crippen LogP contribution in [0.2, 0.25) is 0 Å². The molecule has 1 atom stereocenters. The molecule has 2 heterocycles. The summed E-state index contributed by atoms with van der Waals surface area (Å²) in [6, 6.07) is 9.33. The molecule has 1 amide bonds. The van der Waals surface area contributed by atoms with Crippen LogP contribution < -0.4 is 10.7 Å². The predicted octanol–water partition coefficient (Wildman–Crippen LogP) is 3.52. The fraction of sp³-hybridized carbons (Fsp3) is 0.409. The van der Waals surface area contributed by atoms with E-state index in [0.717, 1.165) is 35.4 Å². The minimum absolute atomic E-state index is 0.0305. The van der Waals surface area contributed by atoms with Crippen molar-refractivity contribution >= 4 is 16.8 Å². The summed E-state index contributed by atoms with van der Waals surface area (Å²) in [4.78, 5) is 24.6. The smallest absolute Gasteiger partial charge is 0.222 e. The molecule has 2 aromatic heterocycles. The van der Waals surface area contributed by atoms with Gasteiger partial charge in [0, 0.05) is 23.8 Å². The number of rotatable bonds is 4. The van der Waals surface area contributed by atoms with E-state index in [-0.39, 0.29) is 22.8 Å². The number of furan rings is 1. The molecule has 3 aromatic rings. The van der Waals surface area contributed by atoms with E-state index in [9.17, 15) is 9.59 Å². The van der Waals surface area contributed by atoms with Crippen molar-refractivity contribution in [2.24, 2.45) is 5.41 Å². The van der Waals surface area contributed by atoms with Crippen molar-refractivity contribution in [2.45, 2.75) is 52.6 Å². The molecule has 0 saturated carbocycles. The average molecular weight is 379 g/mol. The van der Waals surface area contributed by atoms with Gasteiger partial charge >= 0.3 is 0 Å². The first-order valence-corrected chi connectivity index (χ1v) is 9.66. The topological polar surface area (TPSA) is 77.1 Å². The molecule has 1 aliphatic carbocycles. The minimum atomic E-state index is -0.108. The van der Waals surface area contributed by atoms with Gasteiger partial charge in [-0.15, -0.1) is 0 Å². The molecular weight excluding hydrogens is 354 g/mol. The molecule has 4 rings (SSSR count). The quantitative estimate of drug-likeness (QED) is 0.752. The van der Waals surface area contributed by atoms with Crippen molar-refractivity contribution in [1.29, 1.82) is 0 Å². The lowest BCUT2D eigenvalue weighted by atomic mass is 9.74. The first-order chi connectivity index (χ1) is 13.3. The zero-order chi connectivity index (χ0) is 19.9. The summed E-state index contributed by atoms with van der Waals surface area (Å²) >= 11 is 0. The molecule has 1 aromatic carbocycles. The van der Waals surface area contributed by atoms with Crippen molar-refractivity contribution < 1.29 is 9.21 Å². The molecule has 6 heteroatoms. The number of para-hydroxylation sites is 1. The Morgan fingerprint density at radius 1 is 1.36 bits per heavy atom. The number of fused-ring (bicyclic) bond motifs is 2. The van der Waals surface area contributed by atoms with Crippen LogP contribution >= 0.6 is 0 Å². The van der Waals surface area contributed by atoms with Crippen LogP contribution in [0.25, 0.3) is 10.9 Å². The normalized spacial score (nSPS) is 18.0. The first-order valence-electron chi connectivity index (χ1n) is 9.66. The van der Waals surface area contributed by atoms with Crippen LogP contribution in [0.3, 0.4) is 0 Å². The summed E-state index contributed by atoms with van der Waals surface area (Å²) in [6.07, 6.45) is 3.37. The molecule has 0 saturated heterocycles. The molecule has 0 spiro atoms. The lowest BCUT2D eigenvalue weighted by Gasteiger charge is -2.34. The summed E-state index contributed by atoms with van der Waals surface area (Å²) < 4.78 is 7.56. The van der Waals surface area contributed by atoms with E-state index in [0.29, 0.717) is 18.4 Å². The number of hydrogen-bond acceptors (Lipinski definition) is 4. The molecule has 1 aliphatic rings. The Bertz CT molecular complexity index is 1090. The van der Waals surface area contributed by atoms with Gasteiger partial charge in [0.05, 0.1) is 24.3 Å². The fourth-order valence-corrected chi connectivity index (χ4v) is 4.13. The highest BCUT2D eigenvalue weighted by atomic mass is 16.3. The van der Waals surface area contributed by atoms with Gasteiger partial charge in [-0.2, -0.15) is 5.10 Å². The Morgan fingerprint density at radius 2 is 2.14 bits per heavy atom. The van der Waals surface area contributed by atoms with Crippen molar-refractivity contribution in [2.75, 3.05) is 0 Å². The van der Waals surface area contributed by atoms with E-state index < -0.39 is 0 Å². The lowest BCUT2D eigenvalue weighted by Crippen LogP contribution is -2.36. The Hall–Kier alpha value is -2.89. The van der Waals surface area contributed by atoms with E-state index in [1.807, 2.05) is 31.2 Å². The van der Waals surface area contributed by atoms with E-state index in [2.05, 4.69) is 24.3 Å². The molecule has 146 valence electrons. The molecule has 0 radical (unpaired) electrons. The molecule has 6 nitrogen and oxygen atoms in total. The summed E-state index contributed by atoms with van der Waals surface area (Å²) in [5.74, 6) is 1.83. The second-order valence-electron chi connectivity index (χ2n) is 8.40. The Morgan fingerprint density at radius 3 is 2.96 bits per heavy atom. The van der Waals surface area contributed by atoms with Gasteiger partial charge in [-0.1, -0.05) is 26.0 Å². The third-order valence-corrected chi connectivity index (χ3v) is 5.38. The Kier molecular flexibility index (Phi) is 4.57. The Balaban J connectivity index is 1.49. The van der Waals surface area contributed by atoms with Gasteiger partial charge in [0.1, 0.15) is 11.5 Å². The van der Waals surface area contributed by atoms with Gasteiger partial charge in [0.15, 0.2) is 0 Å². The Labute approximate surface area is 163 Å². The number of carbonyl (C=O) groups excluding carboxylic acids is 1. The van der Waals surface area contributed by atoms with Crippen LogP contribution in [-0.4, -0.2) is 15.7 Å². The van der Waals surface area contributed by atoms with Gasteiger partial charge in [-0.05, 0) is 37.0 Å². The number of aromatic nitrogens is 2. The van der Waals surface area contributed by atoms with E-state index in [4.69, 9.17) is 4.42 Å². The van der Waals surface area contributed by atoms with Gasteiger partial charge in [0.2, 0.25) is 11.3 Å². The molecule has 28 heavy (non-hydrogen) atoms. The molecule has 1 N–H and O–H groups in total. The highest BCUT2D eigenvalue weighted by Crippen LogP contribution is 2.42. The van der Waals surface area contributed by atoms with Crippen molar-refractivity contribution in [1.82, 2.24) is 15.1 Å². The van der Waals surface area contributed by atoms with Crippen LogP contribution in [0.15, 0.2) is 45.7 Å². The number of carbonyl (C=O) groups is 1. The van der Waals surface area contributed by atoms with Crippen molar-refractivity contribution in [3.05, 3.63) is 63.8 Å². The number of amides is 1. The number of nitrogens with zero attached hydrogens (tertiary/aromatic N) is 2. The largest absolute Gasteiger partial charge is 0.466 e. The monoisotopic (exact) mass is 379 g/mol. The van der Waals surface area contributed by atoms with Crippen molar-refractivity contribution in [3.63, 3.8) is 0 Å².